The van der Waals surface area contributed by atoms with E-state index in [-0.39, 0.29) is 12.4 Å². The largest absolute Gasteiger partial charge is 0.508 e. The molecule has 84 valence electrons. The lowest BCUT2D eigenvalue weighted by molar-refractivity contribution is 0.277. The minimum Gasteiger partial charge on any atom is -0.508 e. The maximum Gasteiger partial charge on any atom is 0.153 e. The highest BCUT2D eigenvalue weighted by Gasteiger charge is 2.13. The van der Waals surface area contributed by atoms with Gasteiger partial charge in [-0.15, -0.1) is 0 Å². The number of fused-ring (bicyclic) bond motifs is 1. The highest BCUT2D eigenvalue weighted by molar-refractivity contribution is 5.61. The Morgan fingerprint density at radius 2 is 1.88 bits per heavy atom. The summed E-state index contributed by atoms with van der Waals surface area (Å²) in [5.74, 6) is 0.951. The second kappa shape index (κ2) is 3.94. The molecule has 3 rings (SSSR count). The fourth-order valence-electron chi connectivity index (χ4n) is 1.92. The Balaban J connectivity index is 2.38. The molecule has 0 radical (unpaired) electrons. The van der Waals surface area contributed by atoms with Crippen LogP contribution in [0.1, 0.15) is 5.56 Å². The first-order chi connectivity index (χ1) is 8.36. The third-order valence-corrected chi connectivity index (χ3v) is 2.72. The molecule has 0 saturated heterocycles. The van der Waals surface area contributed by atoms with Crippen LogP contribution in [0.4, 0.5) is 0 Å². The van der Waals surface area contributed by atoms with Crippen LogP contribution in [-0.2, 0) is 4.74 Å². The van der Waals surface area contributed by atoms with Gasteiger partial charge in [-0.05, 0) is 12.1 Å². The Bertz CT molecular complexity index is 662. The van der Waals surface area contributed by atoms with Gasteiger partial charge in [0.1, 0.15) is 17.7 Å². The first-order valence-electron chi connectivity index (χ1n) is 5.42. The van der Waals surface area contributed by atoms with Gasteiger partial charge in [0.05, 0.1) is 0 Å². The summed E-state index contributed by atoms with van der Waals surface area (Å²) in [6.07, 6.45) is 1.70. The summed E-state index contributed by atoms with van der Waals surface area (Å²) in [5.41, 5.74) is 0.972. The zero-order valence-corrected chi connectivity index (χ0v) is 9.13. The lowest BCUT2D eigenvalue weighted by Gasteiger charge is -2.14. The molecule has 3 nitrogen and oxygen atoms in total. The molecule has 0 aliphatic carbocycles. The van der Waals surface area contributed by atoms with E-state index in [0.717, 1.165) is 16.5 Å². The number of rotatable bonds is 1. The zero-order valence-electron chi connectivity index (χ0n) is 9.13. The van der Waals surface area contributed by atoms with E-state index in [2.05, 4.69) is 4.98 Å². The Kier molecular flexibility index (Phi) is 2.29. The van der Waals surface area contributed by atoms with Gasteiger partial charge in [0.2, 0.25) is 0 Å². The predicted molar refractivity (Wildman–Crippen MR) is 64.4 cm³/mol. The molecule has 2 heterocycles. The Labute approximate surface area is 98.3 Å². The fourth-order valence-corrected chi connectivity index (χ4v) is 1.92. The number of aromatic nitrogens is 1. The molecule has 0 unspecified atom stereocenters. The molecule has 0 fully saturated rings. The molecule has 2 aromatic rings. The molecule has 0 saturated carbocycles. The van der Waals surface area contributed by atoms with Crippen molar-refractivity contribution in [3.8, 4) is 0 Å². The molecule has 17 heavy (non-hydrogen) atoms. The molecule has 1 aromatic heterocycles. The van der Waals surface area contributed by atoms with Gasteiger partial charge in [0.15, 0.2) is 5.76 Å². The van der Waals surface area contributed by atoms with E-state index in [4.69, 9.17) is 4.74 Å². The van der Waals surface area contributed by atoms with Crippen LogP contribution in [0.25, 0.3) is 11.5 Å². The Hall–Kier alpha value is -2.29. The number of hydrogen-bond donors (Lipinski definition) is 1. The van der Waals surface area contributed by atoms with Crippen LogP contribution in [0.15, 0.2) is 48.7 Å². The highest BCUT2D eigenvalue weighted by atomic mass is 16.5. The topological polar surface area (TPSA) is 42.4 Å². The maximum absolute atomic E-state index is 9.76. The predicted octanol–water partition coefficient (Wildman–Crippen LogP) is 0.935. The van der Waals surface area contributed by atoms with Crippen LogP contribution >= 0.6 is 0 Å². The van der Waals surface area contributed by atoms with Crippen LogP contribution < -0.4 is 10.6 Å². The van der Waals surface area contributed by atoms with Crippen molar-refractivity contribution in [3.05, 3.63) is 64.8 Å². The lowest BCUT2D eigenvalue weighted by Crippen LogP contribution is -2.37. The summed E-state index contributed by atoms with van der Waals surface area (Å²) < 4.78 is 5.57. The van der Waals surface area contributed by atoms with Crippen molar-refractivity contribution in [2.24, 2.45) is 0 Å². The van der Waals surface area contributed by atoms with Gasteiger partial charge >= 0.3 is 0 Å². The van der Waals surface area contributed by atoms with Gasteiger partial charge in [-0.3, -0.25) is 4.98 Å². The molecule has 1 N–H and O–H groups in total. The van der Waals surface area contributed by atoms with E-state index >= 15 is 0 Å². The Morgan fingerprint density at radius 3 is 2.71 bits per heavy atom. The van der Waals surface area contributed by atoms with Crippen LogP contribution in [-0.4, -0.2) is 16.7 Å². The fraction of sp³-hybridized carbons (Fsp3) is 0.0714. The summed E-state index contributed by atoms with van der Waals surface area (Å²) in [6, 6.07) is 13.5. The third-order valence-electron chi connectivity index (χ3n) is 2.72. The Morgan fingerprint density at radius 1 is 1.06 bits per heavy atom. The minimum atomic E-state index is 0.197. The van der Waals surface area contributed by atoms with E-state index in [0.29, 0.717) is 5.35 Å². The maximum atomic E-state index is 9.76. The lowest BCUT2D eigenvalue weighted by atomic mass is 10.1. The first-order valence-corrected chi connectivity index (χ1v) is 5.42. The van der Waals surface area contributed by atoms with Crippen molar-refractivity contribution in [2.75, 3.05) is 6.61 Å². The van der Waals surface area contributed by atoms with Crippen molar-refractivity contribution in [1.82, 2.24) is 4.98 Å². The molecule has 1 aromatic carbocycles. The number of ether oxygens (including phenoxy) is 1. The molecule has 1 aliphatic rings. The smallest absolute Gasteiger partial charge is 0.153 e. The van der Waals surface area contributed by atoms with Gasteiger partial charge in [-0.25, -0.2) is 0 Å². The average Bonchev–Trinajstić information content (AvgIpc) is 2.41. The van der Waals surface area contributed by atoms with E-state index in [1.165, 1.54) is 0 Å². The summed E-state index contributed by atoms with van der Waals surface area (Å²) in [5, 5.41) is 11.2. The molecule has 0 amide bonds. The van der Waals surface area contributed by atoms with Gasteiger partial charge in [-0.1, -0.05) is 30.3 Å². The summed E-state index contributed by atoms with van der Waals surface area (Å²) in [4.78, 5) is 4.28. The van der Waals surface area contributed by atoms with Gasteiger partial charge in [0, 0.05) is 17.0 Å². The van der Waals surface area contributed by atoms with E-state index < -0.39 is 0 Å². The quantitative estimate of drug-likeness (QED) is 0.785. The number of aliphatic hydroxyl groups excluding tert-OH is 1. The van der Waals surface area contributed by atoms with Crippen molar-refractivity contribution in [3.63, 3.8) is 0 Å². The summed E-state index contributed by atoms with van der Waals surface area (Å²) >= 11 is 0. The van der Waals surface area contributed by atoms with E-state index in [9.17, 15) is 5.11 Å². The molecule has 3 heteroatoms. The van der Waals surface area contributed by atoms with Crippen LogP contribution in [0.3, 0.4) is 0 Å². The van der Waals surface area contributed by atoms with Crippen molar-refractivity contribution in [2.45, 2.75) is 0 Å². The zero-order chi connectivity index (χ0) is 11.7. The normalized spacial score (nSPS) is 14.1. The van der Waals surface area contributed by atoms with Crippen LogP contribution in [0, 0.1) is 0 Å². The second-order valence-electron chi connectivity index (χ2n) is 3.83. The van der Waals surface area contributed by atoms with Gasteiger partial charge in [-0.2, -0.15) is 0 Å². The number of hydrogen-bond acceptors (Lipinski definition) is 3. The van der Waals surface area contributed by atoms with Gasteiger partial charge < -0.3 is 9.84 Å². The standard InChI is InChI=1S/C14H11NO2/c16-12-9-17-14(10-5-2-1-3-6-10)13-11(12)7-4-8-15-13/h1-8,16H,9H2. The van der Waals surface area contributed by atoms with Crippen molar-refractivity contribution in [1.29, 1.82) is 0 Å². The van der Waals surface area contributed by atoms with Crippen LogP contribution in [0.2, 0.25) is 0 Å². The number of aliphatic hydroxyl groups is 1. The van der Waals surface area contributed by atoms with E-state index in [1.54, 1.807) is 6.20 Å². The molecule has 0 spiro atoms. The number of benzene rings is 1. The van der Waals surface area contributed by atoms with Crippen molar-refractivity contribution >= 4 is 11.5 Å². The molecule has 1 aliphatic heterocycles. The van der Waals surface area contributed by atoms with Crippen LogP contribution in [0.5, 0.6) is 0 Å². The summed E-state index contributed by atoms with van der Waals surface area (Å²) in [7, 11) is 0. The highest BCUT2D eigenvalue weighted by Crippen LogP contribution is 2.13. The number of pyridine rings is 1. The van der Waals surface area contributed by atoms with E-state index in [1.807, 2.05) is 42.5 Å². The average molecular weight is 225 g/mol. The van der Waals surface area contributed by atoms with Crippen molar-refractivity contribution < 1.29 is 9.84 Å². The summed E-state index contributed by atoms with van der Waals surface area (Å²) in [6.45, 7) is 0.197. The molecular formula is C14H11NO2. The monoisotopic (exact) mass is 225 g/mol. The minimum absolute atomic E-state index is 0.197. The molecule has 0 atom stereocenters. The number of nitrogens with zero attached hydrogens (tertiary/aromatic N) is 1. The molecule has 0 bridgehead atoms. The first kappa shape index (κ1) is 9.90. The SMILES string of the molecule is OC1=c2cccnc2=C(c2ccccc2)OC1. The molecular weight excluding hydrogens is 214 g/mol. The van der Waals surface area contributed by atoms with Gasteiger partial charge in [0.25, 0.3) is 0 Å². The second-order valence-corrected chi connectivity index (χ2v) is 3.83. The third kappa shape index (κ3) is 1.65.